The third-order valence-corrected chi connectivity index (χ3v) is 4.80. The monoisotopic (exact) mass is 304 g/mol. The summed E-state index contributed by atoms with van der Waals surface area (Å²) in [4.78, 5) is 14.0. The van der Waals surface area contributed by atoms with Crippen LogP contribution in [-0.2, 0) is 4.74 Å². The number of nitrogens with one attached hydrogen (secondary N) is 1. The molecule has 3 unspecified atom stereocenters. The van der Waals surface area contributed by atoms with Crippen molar-refractivity contribution in [3.05, 3.63) is 23.8 Å². The molecule has 3 heterocycles. The van der Waals surface area contributed by atoms with E-state index in [1.54, 1.807) is 11.9 Å². The first-order valence-electron chi connectivity index (χ1n) is 7.78. The lowest BCUT2D eigenvalue weighted by Gasteiger charge is -2.57. The molecule has 0 aromatic heterocycles. The Kier molecular flexibility index (Phi) is 2.97. The number of rotatable bonds is 2. The Hall–Kier alpha value is -1.95. The summed E-state index contributed by atoms with van der Waals surface area (Å²) in [5.41, 5.74) is 0.181. The maximum atomic E-state index is 12.3. The second-order valence-electron chi connectivity index (χ2n) is 5.94. The molecule has 0 radical (unpaired) electrons. The Morgan fingerprint density at radius 3 is 3.18 bits per heavy atom. The summed E-state index contributed by atoms with van der Waals surface area (Å²) in [6.07, 6.45) is 1.43. The zero-order valence-corrected chi connectivity index (χ0v) is 12.8. The van der Waals surface area contributed by atoms with Crippen LogP contribution in [0.1, 0.15) is 31.4 Å². The highest BCUT2D eigenvalue weighted by molar-refractivity contribution is 5.78. The number of likely N-dealkylation sites (N-methyl/N-ethyl adjacent to an activating group) is 1. The van der Waals surface area contributed by atoms with Crippen molar-refractivity contribution in [2.75, 3.05) is 20.3 Å². The highest BCUT2D eigenvalue weighted by Crippen LogP contribution is 2.51. The smallest absolute Gasteiger partial charge is 0.320 e. The van der Waals surface area contributed by atoms with Gasteiger partial charge in [-0.05, 0) is 19.4 Å². The summed E-state index contributed by atoms with van der Waals surface area (Å²) in [6.45, 7) is 3.21. The summed E-state index contributed by atoms with van der Waals surface area (Å²) in [5.74, 6) is 1.45. The molecule has 0 aliphatic carbocycles. The predicted octanol–water partition coefficient (Wildman–Crippen LogP) is 2.05. The van der Waals surface area contributed by atoms with Crippen LogP contribution >= 0.6 is 0 Å². The van der Waals surface area contributed by atoms with Crippen molar-refractivity contribution in [1.82, 2.24) is 10.2 Å². The molecule has 0 saturated carbocycles. The Labute approximate surface area is 129 Å². The van der Waals surface area contributed by atoms with Crippen LogP contribution in [0.2, 0.25) is 0 Å². The first-order chi connectivity index (χ1) is 10.7. The van der Waals surface area contributed by atoms with E-state index in [9.17, 15) is 4.79 Å². The first-order valence-corrected chi connectivity index (χ1v) is 7.78. The van der Waals surface area contributed by atoms with E-state index in [0.717, 1.165) is 29.9 Å². The van der Waals surface area contributed by atoms with Crippen molar-refractivity contribution in [2.45, 2.75) is 37.6 Å². The van der Waals surface area contributed by atoms with Crippen molar-refractivity contribution < 1.29 is 19.0 Å². The van der Waals surface area contributed by atoms with E-state index in [0.29, 0.717) is 13.2 Å². The van der Waals surface area contributed by atoms with E-state index in [1.165, 1.54) is 0 Å². The van der Waals surface area contributed by atoms with Gasteiger partial charge < -0.3 is 19.5 Å². The number of hydrogen-bond donors (Lipinski definition) is 1. The number of nitrogens with zero attached hydrogens (tertiary/aromatic N) is 1. The summed E-state index contributed by atoms with van der Waals surface area (Å²) in [5, 5.41) is 3.04. The van der Waals surface area contributed by atoms with Gasteiger partial charge in [-0.1, -0.05) is 12.1 Å². The maximum Gasteiger partial charge on any atom is 0.320 e. The third-order valence-electron chi connectivity index (χ3n) is 4.80. The van der Waals surface area contributed by atoms with Crippen LogP contribution in [-0.4, -0.2) is 43.0 Å². The molecule has 0 spiro atoms. The quantitative estimate of drug-likeness (QED) is 0.908. The molecule has 3 atom stereocenters. The molecule has 2 fully saturated rings. The van der Waals surface area contributed by atoms with E-state index in [1.807, 2.05) is 25.1 Å². The molecule has 3 aliphatic rings. The number of ether oxygens (including phenoxy) is 3. The third kappa shape index (κ3) is 1.67. The van der Waals surface area contributed by atoms with Gasteiger partial charge >= 0.3 is 6.03 Å². The predicted molar refractivity (Wildman–Crippen MR) is 79.0 cm³/mol. The number of urea groups is 1. The molecule has 6 nitrogen and oxygen atoms in total. The van der Waals surface area contributed by atoms with Gasteiger partial charge in [0, 0.05) is 25.6 Å². The van der Waals surface area contributed by atoms with Crippen LogP contribution in [0.3, 0.4) is 0 Å². The zero-order chi connectivity index (χ0) is 15.3. The van der Waals surface area contributed by atoms with E-state index in [2.05, 4.69) is 5.32 Å². The summed E-state index contributed by atoms with van der Waals surface area (Å²) < 4.78 is 18.1. The van der Waals surface area contributed by atoms with Crippen LogP contribution in [0.25, 0.3) is 0 Å². The summed E-state index contributed by atoms with van der Waals surface area (Å²) in [7, 11) is 1.77. The number of carbonyl (C=O) groups is 1. The molecular weight excluding hydrogens is 284 g/mol. The van der Waals surface area contributed by atoms with Crippen LogP contribution in [0.15, 0.2) is 18.2 Å². The van der Waals surface area contributed by atoms with Crippen molar-refractivity contribution in [1.29, 1.82) is 0 Å². The topological polar surface area (TPSA) is 60.0 Å². The van der Waals surface area contributed by atoms with E-state index in [4.69, 9.17) is 14.2 Å². The van der Waals surface area contributed by atoms with Gasteiger partial charge in [0.1, 0.15) is 6.10 Å². The molecule has 2 saturated heterocycles. The van der Waals surface area contributed by atoms with Crippen LogP contribution in [0, 0.1) is 0 Å². The van der Waals surface area contributed by atoms with Gasteiger partial charge in [-0.2, -0.15) is 0 Å². The molecule has 1 aromatic carbocycles. The van der Waals surface area contributed by atoms with Crippen molar-refractivity contribution in [3.8, 4) is 11.5 Å². The van der Waals surface area contributed by atoms with Gasteiger partial charge in [0.05, 0.1) is 12.6 Å². The summed E-state index contributed by atoms with van der Waals surface area (Å²) in [6, 6.07) is 5.47. The fourth-order valence-corrected chi connectivity index (χ4v) is 3.75. The number of hydrogen-bond acceptors (Lipinski definition) is 4. The number of amides is 2. The Bertz CT molecular complexity index is 620. The molecular formula is C16H20N2O4. The standard InChI is InChI=1S/C16H20N2O4/c1-3-20-11-7-4-6-10-12-14-16(22-13(10)11,8-5-9-21-14)18(2)15(19)17-12/h4,6-7,12,14H,3,5,8-9H2,1-2H3,(H,17,19). The molecule has 2 amide bonds. The highest BCUT2D eigenvalue weighted by Gasteiger charge is 2.60. The fraction of sp³-hybridized carbons (Fsp3) is 0.562. The van der Waals surface area contributed by atoms with Gasteiger partial charge in [0.15, 0.2) is 11.5 Å². The van der Waals surface area contributed by atoms with Gasteiger partial charge in [0.25, 0.3) is 0 Å². The number of carbonyl (C=O) groups excluding carboxylic acids is 1. The van der Waals surface area contributed by atoms with E-state index in [-0.39, 0.29) is 18.2 Å². The highest BCUT2D eigenvalue weighted by atomic mass is 16.6. The van der Waals surface area contributed by atoms with Crippen molar-refractivity contribution in [2.24, 2.45) is 0 Å². The lowest BCUT2D eigenvalue weighted by atomic mass is 9.82. The molecule has 3 aliphatic heterocycles. The van der Waals surface area contributed by atoms with Crippen LogP contribution < -0.4 is 14.8 Å². The van der Waals surface area contributed by atoms with Crippen molar-refractivity contribution >= 4 is 6.03 Å². The van der Waals surface area contributed by atoms with Gasteiger partial charge in [-0.25, -0.2) is 4.79 Å². The fourth-order valence-electron chi connectivity index (χ4n) is 3.75. The van der Waals surface area contributed by atoms with Gasteiger partial charge in [-0.3, -0.25) is 4.90 Å². The largest absolute Gasteiger partial charge is 0.490 e. The molecule has 1 N–H and O–H groups in total. The first kappa shape index (κ1) is 13.7. The average Bonchev–Trinajstić information content (AvgIpc) is 2.53. The lowest BCUT2D eigenvalue weighted by molar-refractivity contribution is -0.218. The van der Waals surface area contributed by atoms with Crippen molar-refractivity contribution in [3.63, 3.8) is 0 Å². The minimum absolute atomic E-state index is 0.126. The van der Waals surface area contributed by atoms with Crippen LogP contribution in [0.5, 0.6) is 11.5 Å². The normalized spacial score (nSPS) is 32.5. The number of fused-ring (bicyclic) bond motifs is 2. The number of para-hydroxylation sites is 1. The minimum atomic E-state index is -0.745. The second kappa shape index (κ2) is 4.78. The average molecular weight is 304 g/mol. The summed E-state index contributed by atoms with van der Waals surface area (Å²) >= 11 is 0. The molecule has 4 rings (SSSR count). The second-order valence-corrected chi connectivity index (χ2v) is 5.94. The lowest BCUT2D eigenvalue weighted by Crippen LogP contribution is -2.74. The Balaban J connectivity index is 1.88. The molecule has 118 valence electrons. The van der Waals surface area contributed by atoms with E-state index < -0.39 is 5.72 Å². The molecule has 2 bridgehead atoms. The zero-order valence-electron chi connectivity index (χ0n) is 12.8. The minimum Gasteiger partial charge on any atom is -0.490 e. The molecule has 6 heteroatoms. The van der Waals surface area contributed by atoms with Gasteiger partial charge in [-0.15, -0.1) is 0 Å². The van der Waals surface area contributed by atoms with Gasteiger partial charge in [0.2, 0.25) is 5.72 Å². The Morgan fingerprint density at radius 2 is 2.36 bits per heavy atom. The Morgan fingerprint density at radius 1 is 1.50 bits per heavy atom. The van der Waals surface area contributed by atoms with E-state index >= 15 is 0 Å². The van der Waals surface area contributed by atoms with Crippen LogP contribution in [0.4, 0.5) is 4.79 Å². The molecule has 22 heavy (non-hydrogen) atoms. The maximum absolute atomic E-state index is 12.3. The SMILES string of the molecule is CCOc1cccc2c1OC13CCCOC1C2NC(=O)N3C. The molecule has 1 aromatic rings. The number of benzene rings is 1.